The number of halogens is 3. The van der Waals surface area contributed by atoms with E-state index in [0.29, 0.717) is 38.2 Å². The van der Waals surface area contributed by atoms with Crippen LogP contribution in [0.4, 0.5) is 5.69 Å². The Kier molecular flexibility index (Phi) is 7.26. The van der Waals surface area contributed by atoms with E-state index in [-0.39, 0.29) is 5.91 Å². The van der Waals surface area contributed by atoms with E-state index in [9.17, 15) is 4.79 Å². The maximum absolute atomic E-state index is 12.6. The van der Waals surface area contributed by atoms with Crippen molar-refractivity contribution in [2.24, 2.45) is 4.99 Å². The average Bonchev–Trinajstić information content (AvgIpc) is 3.09. The molecule has 0 spiro atoms. The second kappa shape index (κ2) is 10.1. The van der Waals surface area contributed by atoms with Gasteiger partial charge in [-0.1, -0.05) is 75.0 Å². The highest BCUT2D eigenvalue weighted by Crippen LogP contribution is 2.35. The number of ether oxygens (including phenoxy) is 1. The molecule has 8 heteroatoms. The van der Waals surface area contributed by atoms with Gasteiger partial charge in [0.1, 0.15) is 12.4 Å². The second-order valence-corrected chi connectivity index (χ2v) is 9.75. The van der Waals surface area contributed by atoms with Crippen molar-refractivity contribution in [1.82, 2.24) is 5.32 Å². The van der Waals surface area contributed by atoms with Gasteiger partial charge >= 0.3 is 0 Å². The van der Waals surface area contributed by atoms with E-state index in [0.717, 1.165) is 15.6 Å². The molecule has 162 valence electrons. The van der Waals surface area contributed by atoms with Crippen LogP contribution in [0.1, 0.15) is 16.7 Å². The van der Waals surface area contributed by atoms with E-state index >= 15 is 0 Å². The van der Waals surface area contributed by atoms with Crippen LogP contribution < -0.4 is 10.1 Å². The zero-order chi connectivity index (χ0) is 22.7. The van der Waals surface area contributed by atoms with Gasteiger partial charge in [-0.2, -0.15) is 0 Å². The summed E-state index contributed by atoms with van der Waals surface area (Å²) in [5.74, 6) is 0.440. The molecule has 1 heterocycles. The molecule has 1 fully saturated rings. The van der Waals surface area contributed by atoms with Crippen LogP contribution in [-0.4, -0.2) is 11.1 Å². The summed E-state index contributed by atoms with van der Waals surface area (Å²) in [6.45, 7) is 2.48. The standard InChI is InChI=1S/C24H17BrCl2N2O2S/c1-14-4-2-5-15(10-14)13-31-20-9-8-17(25)11-16(20)12-21-23(30)29-24(32-21)28-19-7-3-6-18(26)22(19)27/h2-12H,13H2,1H3,(H,28,29,30)/b21-12+. The third-order valence-electron chi connectivity index (χ3n) is 4.54. The highest BCUT2D eigenvalue weighted by atomic mass is 79.9. The molecule has 0 radical (unpaired) electrons. The Morgan fingerprint density at radius 3 is 2.75 bits per heavy atom. The smallest absolute Gasteiger partial charge is 0.264 e. The van der Waals surface area contributed by atoms with Crippen molar-refractivity contribution in [2.45, 2.75) is 13.5 Å². The molecule has 1 aliphatic heterocycles. The summed E-state index contributed by atoms with van der Waals surface area (Å²) in [7, 11) is 0. The monoisotopic (exact) mass is 546 g/mol. The second-order valence-electron chi connectivity index (χ2n) is 7.01. The van der Waals surface area contributed by atoms with Crippen LogP contribution >= 0.6 is 50.9 Å². The summed E-state index contributed by atoms with van der Waals surface area (Å²) in [5, 5.41) is 3.95. The molecule has 1 N–H and O–H groups in total. The lowest BCUT2D eigenvalue weighted by Gasteiger charge is -2.11. The minimum atomic E-state index is -0.239. The molecule has 1 amide bonds. The molecule has 3 aromatic rings. The number of rotatable bonds is 5. The zero-order valence-corrected chi connectivity index (χ0v) is 20.8. The first-order valence-electron chi connectivity index (χ1n) is 9.60. The van der Waals surface area contributed by atoms with Crippen molar-refractivity contribution in [3.8, 4) is 5.75 Å². The molecule has 0 aliphatic carbocycles. The predicted molar refractivity (Wildman–Crippen MR) is 137 cm³/mol. The molecule has 0 aromatic heterocycles. The third kappa shape index (κ3) is 5.56. The number of nitrogens with one attached hydrogen (secondary N) is 1. The first kappa shape index (κ1) is 22.9. The Balaban J connectivity index is 1.58. The number of carbonyl (C=O) groups is 1. The van der Waals surface area contributed by atoms with Crippen LogP contribution in [0.25, 0.3) is 6.08 Å². The van der Waals surface area contributed by atoms with Gasteiger partial charge in [0.05, 0.1) is 20.6 Å². The normalized spacial score (nSPS) is 15.9. The summed E-state index contributed by atoms with van der Waals surface area (Å²) in [4.78, 5) is 17.5. The van der Waals surface area contributed by atoms with Crippen molar-refractivity contribution in [1.29, 1.82) is 0 Å². The summed E-state index contributed by atoms with van der Waals surface area (Å²) >= 11 is 17.0. The fraction of sp³-hybridized carbons (Fsp3) is 0.0833. The van der Waals surface area contributed by atoms with Gasteiger partial charge in [-0.05, 0) is 60.7 Å². The quantitative estimate of drug-likeness (QED) is 0.336. The number of carbonyl (C=O) groups excluding carboxylic acids is 1. The highest BCUT2D eigenvalue weighted by molar-refractivity contribution is 9.10. The number of nitrogens with zero attached hydrogens (tertiary/aromatic N) is 1. The van der Waals surface area contributed by atoms with Crippen molar-refractivity contribution in [3.63, 3.8) is 0 Å². The molecule has 0 saturated carbocycles. The van der Waals surface area contributed by atoms with Gasteiger partial charge in [0.15, 0.2) is 5.17 Å². The van der Waals surface area contributed by atoms with E-state index in [4.69, 9.17) is 27.9 Å². The van der Waals surface area contributed by atoms with E-state index < -0.39 is 0 Å². The lowest BCUT2D eigenvalue weighted by atomic mass is 10.1. The number of hydrogen-bond acceptors (Lipinski definition) is 4. The fourth-order valence-corrected chi connectivity index (χ4v) is 4.58. The Morgan fingerprint density at radius 1 is 1.12 bits per heavy atom. The van der Waals surface area contributed by atoms with E-state index in [2.05, 4.69) is 32.3 Å². The Labute approximate surface area is 208 Å². The van der Waals surface area contributed by atoms with E-state index in [1.807, 2.05) is 43.3 Å². The van der Waals surface area contributed by atoms with Crippen molar-refractivity contribution in [3.05, 3.63) is 96.8 Å². The van der Waals surface area contributed by atoms with Crippen LogP contribution in [0.5, 0.6) is 5.75 Å². The molecular formula is C24H17BrCl2N2O2S. The number of aliphatic imine (C=N–C) groups is 1. The van der Waals surface area contributed by atoms with Gasteiger partial charge in [-0.25, -0.2) is 4.99 Å². The van der Waals surface area contributed by atoms with Crippen LogP contribution in [0.2, 0.25) is 10.0 Å². The molecule has 32 heavy (non-hydrogen) atoms. The lowest BCUT2D eigenvalue weighted by molar-refractivity contribution is -0.115. The molecule has 3 aromatic carbocycles. The molecule has 1 saturated heterocycles. The molecule has 4 rings (SSSR count). The highest BCUT2D eigenvalue weighted by Gasteiger charge is 2.25. The van der Waals surface area contributed by atoms with Crippen LogP contribution in [0, 0.1) is 6.92 Å². The fourth-order valence-electron chi connectivity index (χ4n) is 3.04. The van der Waals surface area contributed by atoms with Gasteiger partial charge in [0.25, 0.3) is 5.91 Å². The van der Waals surface area contributed by atoms with Gasteiger partial charge in [0.2, 0.25) is 0 Å². The van der Waals surface area contributed by atoms with Crippen LogP contribution in [0.3, 0.4) is 0 Å². The largest absolute Gasteiger partial charge is 0.488 e. The topological polar surface area (TPSA) is 50.7 Å². The Morgan fingerprint density at radius 2 is 1.94 bits per heavy atom. The van der Waals surface area contributed by atoms with Gasteiger partial charge in [-0.3, -0.25) is 4.79 Å². The van der Waals surface area contributed by atoms with E-state index in [1.165, 1.54) is 17.3 Å². The lowest BCUT2D eigenvalue weighted by Crippen LogP contribution is -2.19. The maximum atomic E-state index is 12.6. The van der Waals surface area contributed by atoms with Crippen molar-refractivity contribution >= 4 is 73.7 Å². The molecular weight excluding hydrogens is 531 g/mol. The number of amides is 1. The van der Waals surface area contributed by atoms with Crippen molar-refractivity contribution < 1.29 is 9.53 Å². The molecule has 0 atom stereocenters. The summed E-state index contributed by atoms with van der Waals surface area (Å²) in [6.07, 6.45) is 1.79. The number of aryl methyl sites for hydroxylation is 1. The Bertz CT molecular complexity index is 1260. The van der Waals surface area contributed by atoms with Gasteiger partial charge in [-0.15, -0.1) is 0 Å². The number of benzene rings is 3. The summed E-state index contributed by atoms with van der Waals surface area (Å²) in [5.41, 5.74) is 3.53. The molecule has 0 unspecified atom stereocenters. The first-order chi connectivity index (χ1) is 15.4. The zero-order valence-electron chi connectivity index (χ0n) is 16.9. The summed E-state index contributed by atoms with van der Waals surface area (Å²) in [6, 6.07) is 19.0. The number of thioether (sulfide) groups is 1. The number of amidine groups is 1. The molecule has 4 nitrogen and oxygen atoms in total. The molecule has 1 aliphatic rings. The number of hydrogen-bond donors (Lipinski definition) is 1. The Hall–Kier alpha value is -2.25. The van der Waals surface area contributed by atoms with Crippen LogP contribution in [-0.2, 0) is 11.4 Å². The van der Waals surface area contributed by atoms with E-state index in [1.54, 1.807) is 24.3 Å². The maximum Gasteiger partial charge on any atom is 0.264 e. The van der Waals surface area contributed by atoms with Crippen molar-refractivity contribution in [2.75, 3.05) is 0 Å². The summed E-state index contributed by atoms with van der Waals surface area (Å²) < 4.78 is 6.95. The van der Waals surface area contributed by atoms with Gasteiger partial charge in [0, 0.05) is 10.0 Å². The van der Waals surface area contributed by atoms with Crippen LogP contribution in [0.15, 0.2) is 75.0 Å². The predicted octanol–water partition coefficient (Wildman–Crippen LogP) is 7.53. The SMILES string of the molecule is Cc1cccc(COc2ccc(Br)cc2/C=C2/SC(=Nc3cccc(Cl)c3Cl)NC2=O)c1. The van der Waals surface area contributed by atoms with Gasteiger partial charge < -0.3 is 10.1 Å². The minimum absolute atomic E-state index is 0.239. The third-order valence-corrected chi connectivity index (χ3v) is 6.75. The average molecular weight is 548 g/mol. The first-order valence-corrected chi connectivity index (χ1v) is 12.0. The molecule has 0 bridgehead atoms. The minimum Gasteiger partial charge on any atom is -0.488 e.